The standard InChI is InChI=1S/C13H17NOS/c1-14-16(15,12-8-4-2-5-9-12)13-10-6-3-7-11-13/h2,4-5,8-10H,3,6-7,11H2,1H3. The van der Waals surface area contributed by atoms with Crippen LogP contribution in [0, 0.1) is 0 Å². The lowest BCUT2D eigenvalue weighted by molar-refractivity contribution is 0.668. The molecule has 0 amide bonds. The van der Waals surface area contributed by atoms with Crippen molar-refractivity contribution in [1.29, 1.82) is 0 Å². The molecule has 0 bridgehead atoms. The van der Waals surface area contributed by atoms with Gasteiger partial charge in [0.25, 0.3) is 0 Å². The fraction of sp³-hybridized carbons (Fsp3) is 0.385. The highest BCUT2D eigenvalue weighted by Gasteiger charge is 2.18. The van der Waals surface area contributed by atoms with E-state index < -0.39 is 9.73 Å². The molecule has 0 heterocycles. The fourth-order valence-electron chi connectivity index (χ4n) is 2.04. The maximum Gasteiger partial charge on any atom is 0.0993 e. The van der Waals surface area contributed by atoms with Crippen LogP contribution in [0.3, 0.4) is 0 Å². The molecule has 0 saturated carbocycles. The zero-order valence-electron chi connectivity index (χ0n) is 9.56. The molecule has 2 nitrogen and oxygen atoms in total. The summed E-state index contributed by atoms with van der Waals surface area (Å²) in [7, 11) is -0.664. The van der Waals surface area contributed by atoms with Gasteiger partial charge in [-0.15, -0.1) is 0 Å². The first-order chi connectivity index (χ1) is 7.77. The molecule has 1 atom stereocenters. The van der Waals surface area contributed by atoms with Crippen LogP contribution in [0.15, 0.2) is 50.6 Å². The second-order valence-electron chi connectivity index (χ2n) is 3.94. The molecule has 0 saturated heterocycles. The number of hydrogen-bond donors (Lipinski definition) is 0. The Bertz CT molecular complexity index is 496. The molecule has 0 radical (unpaired) electrons. The van der Waals surface area contributed by atoms with Crippen LogP contribution in [0.1, 0.15) is 25.7 Å². The summed E-state index contributed by atoms with van der Waals surface area (Å²) >= 11 is 0. The van der Waals surface area contributed by atoms with E-state index in [1.807, 2.05) is 30.3 Å². The highest BCUT2D eigenvalue weighted by atomic mass is 32.2. The van der Waals surface area contributed by atoms with Crippen molar-refractivity contribution in [3.05, 3.63) is 41.3 Å². The maximum atomic E-state index is 12.9. The van der Waals surface area contributed by atoms with E-state index in [9.17, 15) is 4.21 Å². The van der Waals surface area contributed by atoms with E-state index >= 15 is 0 Å². The predicted octanol–water partition coefficient (Wildman–Crippen LogP) is 3.60. The van der Waals surface area contributed by atoms with Crippen molar-refractivity contribution in [3.8, 4) is 0 Å². The van der Waals surface area contributed by atoms with Gasteiger partial charge in [-0.2, -0.15) is 0 Å². The summed E-state index contributed by atoms with van der Waals surface area (Å²) in [4.78, 5) is 1.86. The summed E-state index contributed by atoms with van der Waals surface area (Å²) < 4.78 is 17.0. The Balaban J connectivity index is 2.49. The van der Waals surface area contributed by atoms with Crippen LogP contribution in [0.2, 0.25) is 0 Å². The number of hydrogen-bond acceptors (Lipinski definition) is 2. The van der Waals surface area contributed by atoms with E-state index in [0.29, 0.717) is 0 Å². The third kappa shape index (κ3) is 2.05. The van der Waals surface area contributed by atoms with Crippen LogP contribution in [0.5, 0.6) is 0 Å². The minimum atomic E-state index is -2.32. The average molecular weight is 235 g/mol. The quantitative estimate of drug-likeness (QED) is 0.770. The van der Waals surface area contributed by atoms with Gasteiger partial charge in [0.15, 0.2) is 0 Å². The van der Waals surface area contributed by atoms with E-state index in [1.54, 1.807) is 7.05 Å². The van der Waals surface area contributed by atoms with Crippen LogP contribution in [0.25, 0.3) is 0 Å². The Morgan fingerprint density at radius 1 is 1.19 bits per heavy atom. The lowest BCUT2D eigenvalue weighted by Gasteiger charge is -2.17. The van der Waals surface area contributed by atoms with Crippen molar-refractivity contribution in [2.45, 2.75) is 30.6 Å². The molecule has 1 aromatic carbocycles. The molecule has 1 unspecified atom stereocenters. The SMILES string of the molecule is CN=S(=O)(C1=CCCCC1)c1ccccc1. The predicted molar refractivity (Wildman–Crippen MR) is 67.8 cm³/mol. The van der Waals surface area contributed by atoms with Gasteiger partial charge in [-0.1, -0.05) is 24.3 Å². The molecule has 86 valence electrons. The van der Waals surface area contributed by atoms with Gasteiger partial charge in [-0.25, -0.2) is 8.57 Å². The summed E-state index contributed by atoms with van der Waals surface area (Å²) in [6.07, 6.45) is 6.41. The van der Waals surface area contributed by atoms with Gasteiger partial charge in [-0.05, 0) is 37.8 Å². The van der Waals surface area contributed by atoms with Crippen LogP contribution in [0.4, 0.5) is 0 Å². The van der Waals surface area contributed by atoms with Gasteiger partial charge in [0.05, 0.1) is 14.6 Å². The minimum Gasteiger partial charge on any atom is -0.240 e. The Labute approximate surface area is 97.6 Å². The average Bonchev–Trinajstić information content (AvgIpc) is 2.40. The van der Waals surface area contributed by atoms with Gasteiger partial charge < -0.3 is 0 Å². The van der Waals surface area contributed by atoms with Gasteiger partial charge in [0.1, 0.15) is 0 Å². The molecular weight excluding hydrogens is 218 g/mol. The lowest BCUT2D eigenvalue weighted by Crippen LogP contribution is -2.07. The number of nitrogens with zero attached hydrogens (tertiary/aromatic N) is 1. The summed E-state index contributed by atoms with van der Waals surface area (Å²) in [6.45, 7) is 0. The topological polar surface area (TPSA) is 29.4 Å². The van der Waals surface area contributed by atoms with Crippen LogP contribution in [-0.4, -0.2) is 11.3 Å². The molecule has 1 aliphatic carbocycles. The van der Waals surface area contributed by atoms with Crippen molar-refractivity contribution < 1.29 is 4.21 Å². The third-order valence-electron chi connectivity index (χ3n) is 2.92. The number of allylic oxidation sites excluding steroid dienone is 2. The number of benzene rings is 1. The lowest BCUT2D eigenvalue weighted by atomic mass is 10.1. The molecule has 0 N–H and O–H groups in total. The second kappa shape index (κ2) is 4.83. The third-order valence-corrected chi connectivity index (χ3v) is 5.43. The van der Waals surface area contributed by atoms with Gasteiger partial charge in [0, 0.05) is 12.0 Å². The zero-order valence-corrected chi connectivity index (χ0v) is 10.4. The molecule has 0 fully saturated rings. The van der Waals surface area contributed by atoms with Crippen molar-refractivity contribution in [3.63, 3.8) is 0 Å². The van der Waals surface area contributed by atoms with Crippen molar-refractivity contribution in [2.24, 2.45) is 4.36 Å². The first-order valence-corrected chi connectivity index (χ1v) is 7.18. The van der Waals surface area contributed by atoms with E-state index in [0.717, 1.165) is 29.1 Å². The highest BCUT2D eigenvalue weighted by Crippen LogP contribution is 2.29. The van der Waals surface area contributed by atoms with Crippen LogP contribution in [-0.2, 0) is 9.73 Å². The first kappa shape index (κ1) is 11.4. The monoisotopic (exact) mass is 235 g/mol. The Kier molecular flexibility index (Phi) is 3.44. The van der Waals surface area contributed by atoms with E-state index in [4.69, 9.17) is 0 Å². The normalized spacial score (nSPS) is 19.7. The molecule has 16 heavy (non-hydrogen) atoms. The first-order valence-electron chi connectivity index (χ1n) is 5.67. The van der Waals surface area contributed by atoms with Crippen LogP contribution < -0.4 is 0 Å². The molecule has 3 heteroatoms. The molecule has 0 spiro atoms. The smallest absolute Gasteiger partial charge is 0.0993 e. The largest absolute Gasteiger partial charge is 0.240 e. The Morgan fingerprint density at radius 2 is 1.94 bits per heavy atom. The van der Waals surface area contributed by atoms with Crippen molar-refractivity contribution >= 4 is 9.73 Å². The van der Waals surface area contributed by atoms with Crippen LogP contribution >= 0.6 is 0 Å². The van der Waals surface area contributed by atoms with E-state index in [1.165, 1.54) is 6.42 Å². The zero-order chi connectivity index (χ0) is 11.4. The van der Waals surface area contributed by atoms with Gasteiger partial charge in [0.2, 0.25) is 0 Å². The van der Waals surface area contributed by atoms with Crippen molar-refractivity contribution in [2.75, 3.05) is 7.05 Å². The van der Waals surface area contributed by atoms with Gasteiger partial charge in [-0.3, -0.25) is 0 Å². The Morgan fingerprint density at radius 3 is 2.50 bits per heavy atom. The summed E-state index contributed by atoms with van der Waals surface area (Å²) in [5.41, 5.74) is 0. The van der Waals surface area contributed by atoms with Crippen molar-refractivity contribution in [1.82, 2.24) is 0 Å². The fourth-order valence-corrected chi connectivity index (χ4v) is 4.08. The van der Waals surface area contributed by atoms with E-state index in [2.05, 4.69) is 10.4 Å². The molecule has 1 aromatic rings. The maximum absolute atomic E-state index is 12.9. The molecule has 0 aromatic heterocycles. The second-order valence-corrected chi connectivity index (χ2v) is 6.35. The Hall–Kier alpha value is -1.09. The molecule has 1 aliphatic rings. The summed E-state index contributed by atoms with van der Waals surface area (Å²) in [5, 5.41) is 0. The number of rotatable bonds is 2. The summed E-state index contributed by atoms with van der Waals surface area (Å²) in [5.74, 6) is 0. The molecule has 0 aliphatic heterocycles. The summed E-state index contributed by atoms with van der Waals surface area (Å²) in [6, 6.07) is 9.59. The molecular formula is C13H17NOS. The minimum absolute atomic E-state index is 0.839. The van der Waals surface area contributed by atoms with Gasteiger partial charge >= 0.3 is 0 Å². The highest BCUT2D eigenvalue weighted by molar-refractivity contribution is 7.97. The van der Waals surface area contributed by atoms with E-state index in [-0.39, 0.29) is 0 Å². The molecule has 2 rings (SSSR count).